The van der Waals surface area contributed by atoms with Crippen LogP contribution in [0.3, 0.4) is 0 Å². The summed E-state index contributed by atoms with van der Waals surface area (Å²) >= 11 is 0. The number of rotatable bonds is 0. The van der Waals surface area contributed by atoms with Crippen molar-refractivity contribution in [1.82, 2.24) is 9.97 Å². The molecule has 56 valence electrons. The highest BCUT2D eigenvalue weighted by Crippen LogP contribution is 2.18. The summed E-state index contributed by atoms with van der Waals surface area (Å²) in [5.41, 5.74) is 5.91. The largest absolute Gasteiger partial charge is 0.381 e. The Morgan fingerprint density at radius 2 is 2.36 bits per heavy atom. The Balaban J connectivity index is 2.93. The summed E-state index contributed by atoms with van der Waals surface area (Å²) in [5.74, 6) is -0.513. The first-order valence-electron chi connectivity index (χ1n) is 3.16. The smallest absolute Gasteiger partial charge is 0.174 e. The molecular formula is C7H6FN3. The van der Waals surface area contributed by atoms with Crippen LogP contribution in [0.5, 0.6) is 0 Å². The highest BCUT2D eigenvalue weighted by atomic mass is 19.1. The third-order valence-corrected chi connectivity index (χ3v) is 1.57. The average molecular weight is 151 g/mol. The SMILES string of the molecule is Nc1ncc2[nH]ccc2c1F. The summed E-state index contributed by atoms with van der Waals surface area (Å²) in [4.78, 5) is 6.48. The van der Waals surface area contributed by atoms with E-state index in [1.165, 1.54) is 6.20 Å². The minimum atomic E-state index is -0.455. The van der Waals surface area contributed by atoms with E-state index in [4.69, 9.17) is 5.73 Å². The number of H-pyrrole nitrogens is 1. The first-order chi connectivity index (χ1) is 5.29. The number of aromatic nitrogens is 2. The fourth-order valence-electron chi connectivity index (χ4n) is 1.01. The molecule has 0 bridgehead atoms. The average Bonchev–Trinajstić information content (AvgIpc) is 2.45. The van der Waals surface area contributed by atoms with Crippen LogP contribution in [-0.2, 0) is 0 Å². The van der Waals surface area contributed by atoms with Crippen molar-refractivity contribution in [2.45, 2.75) is 0 Å². The zero-order chi connectivity index (χ0) is 7.84. The number of nitrogens with one attached hydrogen (secondary N) is 1. The Labute approximate surface area is 62.0 Å². The first-order valence-corrected chi connectivity index (χ1v) is 3.16. The van der Waals surface area contributed by atoms with Crippen molar-refractivity contribution in [2.24, 2.45) is 0 Å². The molecule has 0 aromatic carbocycles. The molecular weight excluding hydrogens is 145 g/mol. The lowest BCUT2D eigenvalue weighted by molar-refractivity contribution is 0.640. The number of aromatic amines is 1. The van der Waals surface area contributed by atoms with E-state index < -0.39 is 5.82 Å². The van der Waals surface area contributed by atoms with Crippen LogP contribution in [0, 0.1) is 5.82 Å². The van der Waals surface area contributed by atoms with Crippen molar-refractivity contribution in [2.75, 3.05) is 5.73 Å². The van der Waals surface area contributed by atoms with Gasteiger partial charge in [-0.05, 0) is 6.07 Å². The van der Waals surface area contributed by atoms with Gasteiger partial charge < -0.3 is 10.7 Å². The number of halogens is 1. The van der Waals surface area contributed by atoms with Crippen LogP contribution in [-0.4, -0.2) is 9.97 Å². The van der Waals surface area contributed by atoms with E-state index in [9.17, 15) is 4.39 Å². The molecule has 0 unspecified atom stereocenters. The number of nitrogens with zero attached hydrogens (tertiary/aromatic N) is 1. The van der Waals surface area contributed by atoms with Gasteiger partial charge in [0.25, 0.3) is 0 Å². The van der Waals surface area contributed by atoms with Crippen LogP contribution >= 0.6 is 0 Å². The molecule has 0 saturated carbocycles. The van der Waals surface area contributed by atoms with Crippen molar-refractivity contribution in [3.8, 4) is 0 Å². The van der Waals surface area contributed by atoms with Gasteiger partial charge in [0, 0.05) is 11.6 Å². The van der Waals surface area contributed by atoms with E-state index in [1.807, 2.05) is 0 Å². The number of fused-ring (bicyclic) bond motifs is 1. The van der Waals surface area contributed by atoms with Crippen LogP contribution in [0.4, 0.5) is 10.2 Å². The van der Waals surface area contributed by atoms with Crippen LogP contribution in [0.25, 0.3) is 10.9 Å². The molecule has 4 heteroatoms. The Bertz CT molecular complexity index is 393. The van der Waals surface area contributed by atoms with E-state index in [0.29, 0.717) is 10.9 Å². The lowest BCUT2D eigenvalue weighted by atomic mass is 10.3. The number of hydrogen-bond acceptors (Lipinski definition) is 2. The number of nitrogens with two attached hydrogens (primary N) is 1. The van der Waals surface area contributed by atoms with Crippen molar-refractivity contribution in [3.05, 3.63) is 24.3 Å². The van der Waals surface area contributed by atoms with Gasteiger partial charge in [0.1, 0.15) is 0 Å². The topological polar surface area (TPSA) is 54.7 Å². The van der Waals surface area contributed by atoms with E-state index in [-0.39, 0.29) is 5.82 Å². The number of pyridine rings is 1. The van der Waals surface area contributed by atoms with Crippen LogP contribution < -0.4 is 5.73 Å². The normalized spacial score (nSPS) is 10.6. The minimum Gasteiger partial charge on any atom is -0.381 e. The maximum Gasteiger partial charge on any atom is 0.174 e. The van der Waals surface area contributed by atoms with Crippen LogP contribution in [0.15, 0.2) is 18.5 Å². The second kappa shape index (κ2) is 1.95. The molecule has 0 aliphatic rings. The fourth-order valence-corrected chi connectivity index (χ4v) is 1.01. The van der Waals surface area contributed by atoms with Gasteiger partial charge in [-0.2, -0.15) is 0 Å². The van der Waals surface area contributed by atoms with E-state index in [1.54, 1.807) is 12.3 Å². The van der Waals surface area contributed by atoms with Gasteiger partial charge in [0.15, 0.2) is 11.6 Å². The molecule has 3 N–H and O–H groups in total. The van der Waals surface area contributed by atoms with Gasteiger partial charge in [-0.1, -0.05) is 0 Å². The molecule has 0 amide bonds. The quantitative estimate of drug-likeness (QED) is 0.596. The fraction of sp³-hybridized carbons (Fsp3) is 0. The van der Waals surface area contributed by atoms with Crippen molar-refractivity contribution in [3.63, 3.8) is 0 Å². The molecule has 0 spiro atoms. The maximum absolute atomic E-state index is 13.0. The molecule has 2 rings (SSSR count). The number of anilines is 1. The maximum atomic E-state index is 13.0. The summed E-state index contributed by atoms with van der Waals surface area (Å²) in [6.07, 6.45) is 3.16. The number of nitrogen functional groups attached to an aromatic ring is 1. The molecule has 0 aliphatic carbocycles. The van der Waals surface area contributed by atoms with E-state index in [2.05, 4.69) is 9.97 Å². The van der Waals surface area contributed by atoms with Crippen LogP contribution in [0.2, 0.25) is 0 Å². The summed E-state index contributed by atoms with van der Waals surface area (Å²) in [7, 11) is 0. The first kappa shape index (κ1) is 6.15. The van der Waals surface area contributed by atoms with Crippen molar-refractivity contribution in [1.29, 1.82) is 0 Å². The molecule has 0 aliphatic heterocycles. The number of hydrogen-bond donors (Lipinski definition) is 2. The van der Waals surface area contributed by atoms with Crippen LogP contribution in [0.1, 0.15) is 0 Å². The Morgan fingerprint density at radius 3 is 3.18 bits per heavy atom. The standard InChI is InChI=1S/C7H6FN3/c8-6-4-1-2-10-5(4)3-11-7(6)9/h1-3,10H,(H2,9,11). The molecule has 2 aromatic heterocycles. The van der Waals surface area contributed by atoms with Crippen molar-refractivity contribution < 1.29 is 4.39 Å². The van der Waals surface area contributed by atoms with E-state index >= 15 is 0 Å². The summed E-state index contributed by atoms with van der Waals surface area (Å²) in [6.45, 7) is 0. The molecule has 2 aromatic rings. The molecule has 11 heavy (non-hydrogen) atoms. The van der Waals surface area contributed by atoms with Gasteiger partial charge in [-0.15, -0.1) is 0 Å². The van der Waals surface area contributed by atoms with Gasteiger partial charge >= 0.3 is 0 Å². The molecule has 0 atom stereocenters. The van der Waals surface area contributed by atoms with Crippen molar-refractivity contribution >= 4 is 16.7 Å². The van der Waals surface area contributed by atoms with Gasteiger partial charge in [0.05, 0.1) is 11.7 Å². The van der Waals surface area contributed by atoms with Gasteiger partial charge in [-0.25, -0.2) is 9.37 Å². The highest BCUT2D eigenvalue weighted by molar-refractivity contribution is 5.81. The summed E-state index contributed by atoms with van der Waals surface area (Å²) in [5, 5.41) is 0.484. The lowest BCUT2D eigenvalue weighted by Crippen LogP contribution is -1.93. The third-order valence-electron chi connectivity index (χ3n) is 1.57. The molecule has 0 saturated heterocycles. The second-order valence-electron chi connectivity index (χ2n) is 2.26. The third kappa shape index (κ3) is 0.756. The summed E-state index contributed by atoms with van der Waals surface area (Å²) in [6, 6.07) is 1.63. The Kier molecular flexibility index (Phi) is 1.09. The van der Waals surface area contributed by atoms with Gasteiger partial charge in [-0.3, -0.25) is 0 Å². The summed E-state index contributed by atoms with van der Waals surface area (Å²) < 4.78 is 13.0. The minimum absolute atomic E-state index is 0.0582. The molecule has 3 nitrogen and oxygen atoms in total. The highest BCUT2D eigenvalue weighted by Gasteiger charge is 2.04. The Hall–Kier alpha value is -1.58. The molecule has 0 fully saturated rings. The zero-order valence-corrected chi connectivity index (χ0v) is 5.63. The zero-order valence-electron chi connectivity index (χ0n) is 5.63. The Morgan fingerprint density at radius 1 is 1.55 bits per heavy atom. The van der Waals surface area contributed by atoms with E-state index in [0.717, 1.165) is 0 Å². The van der Waals surface area contributed by atoms with Gasteiger partial charge in [0.2, 0.25) is 0 Å². The predicted molar refractivity (Wildman–Crippen MR) is 40.5 cm³/mol. The molecule has 2 heterocycles. The second-order valence-corrected chi connectivity index (χ2v) is 2.26. The molecule has 0 radical (unpaired) electrons. The lowest BCUT2D eigenvalue weighted by Gasteiger charge is -1.94. The predicted octanol–water partition coefficient (Wildman–Crippen LogP) is 1.28. The monoisotopic (exact) mass is 151 g/mol.